The maximum atomic E-state index is 12.9. The van der Waals surface area contributed by atoms with Crippen molar-refractivity contribution in [3.63, 3.8) is 0 Å². The predicted octanol–water partition coefficient (Wildman–Crippen LogP) is 1.55. The number of hydrogen-bond donors (Lipinski definition) is 2. The highest BCUT2D eigenvalue weighted by Gasteiger charge is 2.43. The van der Waals surface area contributed by atoms with Crippen molar-refractivity contribution in [2.45, 2.75) is 44.6 Å². The average Bonchev–Trinajstić information content (AvgIpc) is 2.97. The maximum absolute atomic E-state index is 12.9. The van der Waals surface area contributed by atoms with Crippen molar-refractivity contribution in [1.29, 1.82) is 0 Å². The molecule has 0 spiro atoms. The summed E-state index contributed by atoms with van der Waals surface area (Å²) in [5.74, 6) is -0.328. The molecular formula is C21H27N3O4. The van der Waals surface area contributed by atoms with E-state index in [0.29, 0.717) is 30.0 Å². The predicted molar refractivity (Wildman–Crippen MR) is 104 cm³/mol. The largest absolute Gasteiger partial charge is 0.396 e. The van der Waals surface area contributed by atoms with Crippen molar-refractivity contribution in [2.24, 2.45) is 5.92 Å². The Morgan fingerprint density at radius 3 is 2.50 bits per heavy atom. The van der Waals surface area contributed by atoms with Crippen molar-refractivity contribution in [3.8, 4) is 0 Å². The molecule has 3 amide bonds. The zero-order valence-corrected chi connectivity index (χ0v) is 16.0. The number of carbonyl (C=O) groups excluding carboxylic acids is 3. The van der Waals surface area contributed by atoms with E-state index in [0.717, 1.165) is 55.8 Å². The highest BCUT2D eigenvalue weighted by molar-refractivity contribution is 6.23. The quantitative estimate of drug-likeness (QED) is 0.751. The number of carbonyl (C=O) groups is 3. The number of piperidine rings is 2. The van der Waals surface area contributed by atoms with E-state index in [2.05, 4.69) is 10.2 Å². The number of nitrogens with zero attached hydrogens (tertiary/aromatic N) is 2. The van der Waals surface area contributed by atoms with Gasteiger partial charge in [0.05, 0.1) is 11.1 Å². The fraction of sp³-hybridized carbons (Fsp3) is 0.571. The highest BCUT2D eigenvalue weighted by atomic mass is 16.3. The second-order valence-electron chi connectivity index (χ2n) is 7.96. The molecule has 1 aromatic carbocycles. The summed E-state index contributed by atoms with van der Waals surface area (Å²) in [6, 6.07) is 4.74. The minimum absolute atomic E-state index is 0.245. The van der Waals surface area contributed by atoms with Crippen LogP contribution in [0.2, 0.25) is 0 Å². The van der Waals surface area contributed by atoms with Gasteiger partial charge < -0.3 is 15.3 Å². The first-order chi connectivity index (χ1) is 13.6. The van der Waals surface area contributed by atoms with Crippen molar-refractivity contribution >= 4 is 23.4 Å². The molecule has 7 heteroatoms. The van der Waals surface area contributed by atoms with Crippen LogP contribution in [0.15, 0.2) is 18.2 Å². The Bertz CT molecular complexity index is 786. The molecule has 0 radical (unpaired) electrons. The molecule has 0 saturated carbocycles. The molecule has 2 N–H and O–H groups in total. The van der Waals surface area contributed by atoms with Crippen molar-refractivity contribution in [2.75, 3.05) is 31.1 Å². The molecule has 0 bridgehead atoms. The van der Waals surface area contributed by atoms with Gasteiger partial charge in [-0.2, -0.15) is 0 Å². The summed E-state index contributed by atoms with van der Waals surface area (Å²) < 4.78 is 0. The average molecular weight is 385 g/mol. The summed E-state index contributed by atoms with van der Waals surface area (Å²) in [7, 11) is 0. The van der Waals surface area contributed by atoms with Crippen LogP contribution in [0.1, 0.15) is 59.2 Å². The lowest BCUT2D eigenvalue weighted by molar-refractivity contribution is -0.126. The zero-order valence-electron chi connectivity index (χ0n) is 16.0. The molecule has 150 valence electrons. The number of nitrogens with one attached hydrogen (secondary N) is 1. The number of aliphatic hydroxyl groups excluding tert-OH is 1. The van der Waals surface area contributed by atoms with E-state index < -0.39 is 6.04 Å². The Labute approximate surface area is 164 Å². The zero-order chi connectivity index (χ0) is 19.7. The van der Waals surface area contributed by atoms with E-state index in [4.69, 9.17) is 5.11 Å². The van der Waals surface area contributed by atoms with Crippen LogP contribution in [-0.4, -0.2) is 60.0 Å². The van der Waals surface area contributed by atoms with Gasteiger partial charge in [-0.3, -0.25) is 19.3 Å². The number of fused-ring (bicyclic) bond motifs is 1. The number of aliphatic hydroxyl groups is 1. The third-order valence-corrected chi connectivity index (χ3v) is 6.22. The molecular weight excluding hydrogens is 358 g/mol. The van der Waals surface area contributed by atoms with Crippen LogP contribution < -0.4 is 10.2 Å². The molecule has 4 rings (SSSR count). The van der Waals surface area contributed by atoms with E-state index in [-0.39, 0.29) is 24.3 Å². The lowest BCUT2D eigenvalue weighted by Crippen LogP contribution is -2.52. The normalized spacial score (nSPS) is 23.2. The second-order valence-corrected chi connectivity index (χ2v) is 7.96. The highest BCUT2D eigenvalue weighted by Crippen LogP contribution is 2.32. The van der Waals surface area contributed by atoms with Gasteiger partial charge in [0.1, 0.15) is 6.04 Å². The van der Waals surface area contributed by atoms with Crippen LogP contribution in [-0.2, 0) is 4.79 Å². The first-order valence-corrected chi connectivity index (χ1v) is 10.3. The van der Waals surface area contributed by atoms with Crippen molar-refractivity contribution in [1.82, 2.24) is 10.2 Å². The maximum Gasteiger partial charge on any atom is 0.262 e. The van der Waals surface area contributed by atoms with Crippen molar-refractivity contribution in [3.05, 3.63) is 29.3 Å². The number of amides is 3. The lowest BCUT2D eigenvalue weighted by atomic mass is 9.92. The molecule has 3 heterocycles. The fourth-order valence-electron chi connectivity index (χ4n) is 4.59. The summed E-state index contributed by atoms with van der Waals surface area (Å²) in [6.07, 6.45) is 5.33. The number of rotatable bonds is 5. The van der Waals surface area contributed by atoms with Gasteiger partial charge in [-0.15, -0.1) is 0 Å². The summed E-state index contributed by atoms with van der Waals surface area (Å²) in [6.45, 7) is 2.66. The third kappa shape index (κ3) is 3.39. The molecule has 7 nitrogen and oxygen atoms in total. The monoisotopic (exact) mass is 385 g/mol. The van der Waals surface area contributed by atoms with Crippen LogP contribution >= 0.6 is 0 Å². The van der Waals surface area contributed by atoms with Crippen LogP contribution in [0.5, 0.6) is 0 Å². The first kappa shape index (κ1) is 18.9. The Morgan fingerprint density at radius 1 is 1.04 bits per heavy atom. The molecule has 2 fully saturated rings. The van der Waals surface area contributed by atoms with E-state index in [9.17, 15) is 14.4 Å². The molecule has 1 unspecified atom stereocenters. The summed E-state index contributed by atoms with van der Waals surface area (Å²) in [4.78, 5) is 41.3. The molecule has 3 aliphatic rings. The van der Waals surface area contributed by atoms with E-state index in [1.165, 1.54) is 0 Å². The molecule has 3 aliphatic heterocycles. The minimum atomic E-state index is -0.702. The number of benzene rings is 1. The Balaban J connectivity index is 1.49. The Morgan fingerprint density at radius 2 is 1.79 bits per heavy atom. The summed E-state index contributed by atoms with van der Waals surface area (Å²) in [5.41, 5.74) is 1.75. The van der Waals surface area contributed by atoms with E-state index >= 15 is 0 Å². The van der Waals surface area contributed by atoms with Gasteiger partial charge in [0.2, 0.25) is 5.91 Å². The van der Waals surface area contributed by atoms with E-state index in [1.807, 2.05) is 12.1 Å². The van der Waals surface area contributed by atoms with Crippen LogP contribution in [0.3, 0.4) is 0 Å². The van der Waals surface area contributed by atoms with Crippen molar-refractivity contribution < 1.29 is 19.5 Å². The molecule has 0 aromatic heterocycles. The van der Waals surface area contributed by atoms with Gasteiger partial charge in [-0.25, -0.2) is 0 Å². The molecule has 0 aliphatic carbocycles. The van der Waals surface area contributed by atoms with E-state index in [1.54, 1.807) is 6.07 Å². The van der Waals surface area contributed by atoms with Crippen LogP contribution in [0.4, 0.5) is 5.69 Å². The molecule has 1 aromatic rings. The standard InChI is InChI=1S/C21H27N3O4/c25-12-2-3-14-7-10-23(11-8-14)15-5-6-16-17(13-15)21(28)24(20(16)27)18-4-1-9-22-19(18)26/h5-6,13-14,18,25H,1-4,7-12H2,(H,22,26). The van der Waals surface area contributed by atoms with Crippen LogP contribution in [0, 0.1) is 5.92 Å². The fourth-order valence-corrected chi connectivity index (χ4v) is 4.59. The molecule has 28 heavy (non-hydrogen) atoms. The topological polar surface area (TPSA) is 90.0 Å². The van der Waals surface area contributed by atoms with Gasteiger partial charge >= 0.3 is 0 Å². The lowest BCUT2D eigenvalue weighted by Gasteiger charge is -2.33. The first-order valence-electron chi connectivity index (χ1n) is 10.3. The smallest absolute Gasteiger partial charge is 0.262 e. The summed E-state index contributed by atoms with van der Waals surface area (Å²) >= 11 is 0. The number of anilines is 1. The van der Waals surface area contributed by atoms with Gasteiger partial charge in [0, 0.05) is 31.9 Å². The minimum Gasteiger partial charge on any atom is -0.396 e. The van der Waals surface area contributed by atoms with Gasteiger partial charge in [0.25, 0.3) is 11.8 Å². The molecule has 1 atom stereocenters. The third-order valence-electron chi connectivity index (χ3n) is 6.22. The second kappa shape index (κ2) is 7.91. The van der Waals surface area contributed by atoms with Gasteiger partial charge in [-0.1, -0.05) is 0 Å². The number of imide groups is 1. The Kier molecular flexibility index (Phi) is 5.35. The van der Waals surface area contributed by atoms with Crippen LogP contribution in [0.25, 0.3) is 0 Å². The Hall–Kier alpha value is -2.41. The summed E-state index contributed by atoms with van der Waals surface area (Å²) in [5, 5.41) is 11.7. The van der Waals surface area contributed by atoms with Gasteiger partial charge in [-0.05, 0) is 62.6 Å². The molecule has 2 saturated heterocycles. The SMILES string of the molecule is O=C1NCCCC1N1C(=O)c2ccc(N3CCC(CCCO)CC3)cc2C1=O. The van der Waals surface area contributed by atoms with Gasteiger partial charge in [0.15, 0.2) is 0 Å². The number of hydrogen-bond acceptors (Lipinski definition) is 5.